The Balaban J connectivity index is 2.43. The molecule has 0 amide bonds. The summed E-state index contributed by atoms with van der Waals surface area (Å²) < 4.78 is 16.2. The topological polar surface area (TPSA) is 43.8 Å². The van der Waals surface area contributed by atoms with Crippen molar-refractivity contribution in [2.45, 2.75) is 19.9 Å². The molecule has 5 heteroatoms. The molecule has 2 N–H and O–H groups in total. The third-order valence-electron chi connectivity index (χ3n) is 2.67. The van der Waals surface area contributed by atoms with Crippen LogP contribution in [0, 0.1) is 12.7 Å². The van der Waals surface area contributed by atoms with Crippen LogP contribution in [0.25, 0.3) is 0 Å². The lowest BCUT2D eigenvalue weighted by Gasteiger charge is -2.15. The molecule has 0 spiro atoms. The minimum atomic E-state index is -0.264. The summed E-state index contributed by atoms with van der Waals surface area (Å²) in [5.74, 6) is 0.275. The van der Waals surface area contributed by atoms with Crippen LogP contribution >= 0.6 is 15.9 Å². The van der Waals surface area contributed by atoms with Crippen molar-refractivity contribution in [3.63, 3.8) is 0 Å². The third-order valence-corrected chi connectivity index (χ3v) is 3.16. The summed E-state index contributed by atoms with van der Waals surface area (Å²) in [4.78, 5) is 0. The predicted octanol–water partition coefficient (Wildman–Crippen LogP) is 3.28. The van der Waals surface area contributed by atoms with Crippen LogP contribution in [-0.4, -0.2) is 9.78 Å². The van der Waals surface area contributed by atoms with E-state index in [4.69, 9.17) is 5.73 Å². The van der Waals surface area contributed by atoms with E-state index in [1.54, 1.807) is 16.8 Å². The quantitative estimate of drug-likeness (QED) is 0.924. The first-order valence-corrected chi connectivity index (χ1v) is 6.05. The first-order chi connectivity index (χ1) is 7.99. The molecule has 0 aliphatic carbocycles. The van der Waals surface area contributed by atoms with Crippen molar-refractivity contribution < 1.29 is 4.39 Å². The van der Waals surface area contributed by atoms with Gasteiger partial charge in [-0.05, 0) is 26.0 Å². The average Bonchev–Trinajstić information content (AvgIpc) is 2.57. The van der Waals surface area contributed by atoms with Crippen molar-refractivity contribution in [3.8, 4) is 0 Å². The Bertz CT molecular complexity index is 551. The van der Waals surface area contributed by atoms with Crippen molar-refractivity contribution in [1.82, 2.24) is 9.78 Å². The molecule has 1 aromatic carbocycles. The summed E-state index contributed by atoms with van der Waals surface area (Å²) in [6, 6.07) is 6.53. The Morgan fingerprint density at radius 2 is 2.12 bits per heavy atom. The molecular weight excluding hydrogens is 285 g/mol. The highest BCUT2D eigenvalue weighted by atomic mass is 79.9. The lowest BCUT2D eigenvalue weighted by Crippen LogP contribution is -2.12. The second-order valence-electron chi connectivity index (χ2n) is 4.00. The van der Waals surface area contributed by atoms with Crippen LogP contribution < -0.4 is 5.73 Å². The van der Waals surface area contributed by atoms with Gasteiger partial charge in [0.2, 0.25) is 0 Å². The van der Waals surface area contributed by atoms with Crippen molar-refractivity contribution >= 4 is 21.7 Å². The maximum atomic E-state index is 13.8. The first kappa shape index (κ1) is 12.1. The van der Waals surface area contributed by atoms with Crippen LogP contribution in [-0.2, 0) is 0 Å². The van der Waals surface area contributed by atoms with E-state index in [9.17, 15) is 4.39 Å². The zero-order valence-electron chi connectivity index (χ0n) is 9.61. The Morgan fingerprint density at radius 3 is 2.65 bits per heavy atom. The highest BCUT2D eigenvalue weighted by molar-refractivity contribution is 9.10. The fourth-order valence-electron chi connectivity index (χ4n) is 1.82. The Hall–Kier alpha value is -1.36. The maximum absolute atomic E-state index is 13.8. The van der Waals surface area contributed by atoms with E-state index >= 15 is 0 Å². The van der Waals surface area contributed by atoms with E-state index in [-0.39, 0.29) is 11.9 Å². The van der Waals surface area contributed by atoms with Gasteiger partial charge in [0.15, 0.2) is 0 Å². The lowest BCUT2D eigenvalue weighted by molar-refractivity contribution is 0.524. The molecule has 0 saturated carbocycles. The van der Waals surface area contributed by atoms with E-state index in [0.717, 1.165) is 10.2 Å². The summed E-state index contributed by atoms with van der Waals surface area (Å²) in [6.07, 6.45) is 0. The van der Waals surface area contributed by atoms with Crippen molar-refractivity contribution in [1.29, 1.82) is 0 Å². The fourth-order valence-corrected chi connectivity index (χ4v) is 2.15. The second kappa shape index (κ2) is 4.49. The van der Waals surface area contributed by atoms with E-state index in [0.29, 0.717) is 11.4 Å². The summed E-state index contributed by atoms with van der Waals surface area (Å²) in [7, 11) is 0. The molecule has 17 heavy (non-hydrogen) atoms. The number of hydrogen-bond donors (Lipinski definition) is 1. The number of nitrogens with zero attached hydrogens (tertiary/aromatic N) is 2. The van der Waals surface area contributed by atoms with Gasteiger partial charge in [0, 0.05) is 16.1 Å². The van der Waals surface area contributed by atoms with Crippen LogP contribution in [0.1, 0.15) is 24.2 Å². The van der Waals surface area contributed by atoms with Crippen LogP contribution in [0.4, 0.5) is 10.2 Å². The van der Waals surface area contributed by atoms with Crippen molar-refractivity contribution in [2.75, 3.05) is 5.73 Å². The molecule has 2 aromatic rings. The summed E-state index contributed by atoms with van der Waals surface area (Å²) in [5.41, 5.74) is 7.23. The molecule has 0 aliphatic heterocycles. The van der Waals surface area contributed by atoms with Gasteiger partial charge in [-0.15, -0.1) is 0 Å². The average molecular weight is 298 g/mol. The van der Waals surface area contributed by atoms with E-state index in [1.807, 2.05) is 19.9 Å². The molecule has 1 unspecified atom stereocenters. The number of nitrogens with two attached hydrogens (primary N) is 1. The minimum absolute atomic E-state index is 0.225. The first-order valence-electron chi connectivity index (χ1n) is 5.25. The van der Waals surface area contributed by atoms with Gasteiger partial charge >= 0.3 is 0 Å². The van der Waals surface area contributed by atoms with E-state index < -0.39 is 0 Å². The molecular formula is C12H13BrFN3. The van der Waals surface area contributed by atoms with E-state index in [1.165, 1.54) is 6.07 Å². The normalized spacial score (nSPS) is 12.7. The SMILES string of the molecule is Cc1cc(N)n(C(C)c2ccc(Br)cc2F)n1. The van der Waals surface area contributed by atoms with Gasteiger partial charge in [-0.1, -0.05) is 22.0 Å². The molecule has 0 saturated heterocycles. The monoisotopic (exact) mass is 297 g/mol. The number of benzene rings is 1. The molecule has 0 aliphatic rings. The largest absolute Gasteiger partial charge is 0.384 e. The third kappa shape index (κ3) is 2.34. The molecule has 3 nitrogen and oxygen atoms in total. The molecule has 0 radical (unpaired) electrons. The number of nitrogen functional groups attached to an aromatic ring is 1. The fraction of sp³-hybridized carbons (Fsp3) is 0.250. The number of rotatable bonds is 2. The van der Waals surface area contributed by atoms with Gasteiger partial charge in [0.25, 0.3) is 0 Å². The molecule has 0 fully saturated rings. The number of anilines is 1. The highest BCUT2D eigenvalue weighted by Gasteiger charge is 2.16. The van der Waals surface area contributed by atoms with Gasteiger partial charge in [-0.3, -0.25) is 0 Å². The van der Waals surface area contributed by atoms with Crippen molar-refractivity contribution in [3.05, 3.63) is 45.8 Å². The lowest BCUT2D eigenvalue weighted by atomic mass is 10.1. The Morgan fingerprint density at radius 1 is 1.41 bits per heavy atom. The summed E-state index contributed by atoms with van der Waals surface area (Å²) in [6.45, 7) is 3.73. The van der Waals surface area contributed by atoms with Gasteiger partial charge in [0.1, 0.15) is 11.6 Å². The van der Waals surface area contributed by atoms with Gasteiger partial charge in [0.05, 0.1) is 11.7 Å². The molecule has 0 bridgehead atoms. The van der Waals surface area contributed by atoms with Gasteiger partial charge in [-0.2, -0.15) is 5.10 Å². The molecule has 1 atom stereocenters. The zero-order valence-corrected chi connectivity index (χ0v) is 11.2. The smallest absolute Gasteiger partial charge is 0.129 e. The van der Waals surface area contributed by atoms with Gasteiger partial charge in [-0.25, -0.2) is 9.07 Å². The molecule has 1 heterocycles. The van der Waals surface area contributed by atoms with Crippen LogP contribution in [0.5, 0.6) is 0 Å². The number of hydrogen-bond acceptors (Lipinski definition) is 2. The zero-order chi connectivity index (χ0) is 12.6. The summed E-state index contributed by atoms with van der Waals surface area (Å²) >= 11 is 3.23. The van der Waals surface area contributed by atoms with Gasteiger partial charge < -0.3 is 5.73 Å². The second-order valence-corrected chi connectivity index (χ2v) is 4.91. The minimum Gasteiger partial charge on any atom is -0.384 e. The van der Waals surface area contributed by atoms with Crippen LogP contribution in [0.2, 0.25) is 0 Å². The predicted molar refractivity (Wildman–Crippen MR) is 69.3 cm³/mol. The van der Waals surface area contributed by atoms with Crippen LogP contribution in [0.3, 0.4) is 0 Å². The Kier molecular flexibility index (Phi) is 3.19. The summed E-state index contributed by atoms with van der Waals surface area (Å²) in [5, 5.41) is 4.26. The molecule has 2 rings (SSSR count). The van der Waals surface area contributed by atoms with E-state index in [2.05, 4.69) is 21.0 Å². The molecule has 90 valence electrons. The number of aryl methyl sites for hydroxylation is 1. The highest BCUT2D eigenvalue weighted by Crippen LogP contribution is 2.25. The number of aromatic nitrogens is 2. The van der Waals surface area contributed by atoms with Crippen molar-refractivity contribution in [2.24, 2.45) is 0 Å². The molecule has 1 aromatic heterocycles. The Labute approximate surface area is 108 Å². The number of halogens is 2. The van der Waals surface area contributed by atoms with Crippen LogP contribution in [0.15, 0.2) is 28.7 Å². The maximum Gasteiger partial charge on any atom is 0.129 e. The standard InChI is InChI=1S/C12H13BrFN3/c1-7-5-12(15)17(16-7)8(2)10-4-3-9(13)6-11(10)14/h3-6,8H,15H2,1-2H3.